The Balaban J connectivity index is 1.84. The van der Waals surface area contributed by atoms with Crippen LogP contribution in [0.5, 0.6) is 0 Å². The van der Waals surface area contributed by atoms with Crippen LogP contribution in [0.15, 0.2) is 89.3 Å². The van der Waals surface area contributed by atoms with Gasteiger partial charge in [0, 0.05) is 18.0 Å². The number of aromatic nitrogens is 3. The third-order valence-electron chi connectivity index (χ3n) is 4.53. The van der Waals surface area contributed by atoms with Gasteiger partial charge in [-0.15, -0.1) is 0 Å². The molecule has 0 aliphatic rings. The van der Waals surface area contributed by atoms with E-state index >= 15 is 0 Å². The summed E-state index contributed by atoms with van der Waals surface area (Å²) in [5.74, 6) is -0.726. The summed E-state index contributed by atoms with van der Waals surface area (Å²) in [6, 6.07) is 14.6. The Bertz CT molecular complexity index is 1370. The van der Waals surface area contributed by atoms with Crippen LogP contribution in [-0.4, -0.2) is 26.3 Å². The van der Waals surface area contributed by atoms with Crippen molar-refractivity contribution in [3.63, 3.8) is 0 Å². The molecule has 0 atom stereocenters. The summed E-state index contributed by atoms with van der Waals surface area (Å²) in [5, 5.41) is 0.687. The lowest BCUT2D eigenvalue weighted by atomic mass is 10.1. The quantitative estimate of drug-likeness (QED) is 0.184. The first-order valence-electron chi connectivity index (χ1n) is 9.64. The monoisotopic (exact) mass is 447 g/mol. The third kappa shape index (κ3) is 4.60. The molecule has 2 aromatic carbocycles. The molecule has 2 aromatic heterocycles. The number of carbonyl (C=O) groups excluding carboxylic acids is 1. The average molecular weight is 447 g/mol. The number of hydrogen-bond acceptors (Lipinski definition) is 6. The number of esters is 1. The standard InChI is InChI=1S/C24H18FN3O3S/c1-15(2)31-22(29)14-32-24-27-21-12-16(17-4-3-11-26-13-17)5-10-20(21)23(30)28(24)19-8-6-18(25)7-9-19/h3-13H,1,14H2,2H3. The number of ether oxygens (including phenoxy) is 1. The van der Waals surface area contributed by atoms with Crippen LogP contribution < -0.4 is 5.56 Å². The molecule has 2 heterocycles. The molecule has 4 rings (SSSR count). The van der Waals surface area contributed by atoms with Gasteiger partial charge in [-0.2, -0.15) is 0 Å². The molecular weight excluding hydrogens is 429 g/mol. The highest BCUT2D eigenvalue weighted by molar-refractivity contribution is 7.99. The Kier molecular flexibility index (Phi) is 6.13. The fraction of sp³-hybridized carbons (Fsp3) is 0.0833. The van der Waals surface area contributed by atoms with Gasteiger partial charge in [-0.3, -0.25) is 19.1 Å². The zero-order chi connectivity index (χ0) is 22.7. The molecule has 0 radical (unpaired) electrons. The molecule has 0 saturated heterocycles. The lowest BCUT2D eigenvalue weighted by Gasteiger charge is -2.14. The SMILES string of the molecule is C=C(C)OC(=O)CSc1nc2cc(-c3cccnc3)ccc2c(=O)n1-c1ccc(F)cc1. The summed E-state index contributed by atoms with van der Waals surface area (Å²) in [5.41, 5.74) is 2.34. The number of hydrogen-bond donors (Lipinski definition) is 0. The van der Waals surface area contributed by atoms with E-state index in [1.54, 1.807) is 31.5 Å². The number of carbonyl (C=O) groups is 1. The van der Waals surface area contributed by atoms with Crippen LogP contribution >= 0.6 is 11.8 Å². The highest BCUT2D eigenvalue weighted by Gasteiger charge is 2.16. The average Bonchev–Trinajstić information content (AvgIpc) is 2.78. The second kappa shape index (κ2) is 9.15. The van der Waals surface area contributed by atoms with Crippen molar-refractivity contribution < 1.29 is 13.9 Å². The lowest BCUT2D eigenvalue weighted by molar-refractivity contribution is -0.136. The second-order valence-corrected chi connectivity index (χ2v) is 7.89. The number of rotatable bonds is 6. The van der Waals surface area contributed by atoms with Gasteiger partial charge in [0.25, 0.3) is 5.56 Å². The Hall–Kier alpha value is -3.78. The molecule has 160 valence electrons. The van der Waals surface area contributed by atoms with E-state index in [0.717, 1.165) is 22.9 Å². The molecule has 4 aromatic rings. The number of nitrogens with zero attached hydrogens (tertiary/aromatic N) is 3. The van der Waals surface area contributed by atoms with E-state index in [1.165, 1.54) is 28.8 Å². The van der Waals surface area contributed by atoms with Crippen molar-refractivity contribution in [3.8, 4) is 16.8 Å². The van der Waals surface area contributed by atoms with Crippen LogP contribution in [0.3, 0.4) is 0 Å². The Morgan fingerprint density at radius 2 is 1.94 bits per heavy atom. The summed E-state index contributed by atoms with van der Waals surface area (Å²) in [6.45, 7) is 5.13. The minimum absolute atomic E-state index is 0.0751. The number of thioether (sulfide) groups is 1. The first kappa shape index (κ1) is 21.5. The van der Waals surface area contributed by atoms with Gasteiger partial charge in [0.15, 0.2) is 5.16 Å². The van der Waals surface area contributed by atoms with Gasteiger partial charge in [-0.25, -0.2) is 9.37 Å². The topological polar surface area (TPSA) is 74.1 Å². The number of benzene rings is 2. The number of halogens is 1. The molecule has 0 N–H and O–H groups in total. The van der Waals surface area contributed by atoms with Crippen molar-refractivity contribution in [1.29, 1.82) is 0 Å². The fourth-order valence-corrected chi connectivity index (χ4v) is 3.93. The molecule has 0 aliphatic carbocycles. The Morgan fingerprint density at radius 1 is 1.16 bits per heavy atom. The van der Waals surface area contributed by atoms with Gasteiger partial charge >= 0.3 is 5.97 Å². The molecule has 32 heavy (non-hydrogen) atoms. The maximum absolute atomic E-state index is 13.5. The van der Waals surface area contributed by atoms with Crippen molar-refractivity contribution in [2.75, 3.05) is 5.75 Å². The van der Waals surface area contributed by atoms with Crippen LogP contribution in [0.1, 0.15) is 6.92 Å². The summed E-state index contributed by atoms with van der Waals surface area (Å²) < 4.78 is 19.8. The number of fused-ring (bicyclic) bond motifs is 1. The highest BCUT2D eigenvalue weighted by Crippen LogP contribution is 2.25. The molecule has 0 aliphatic heterocycles. The first-order chi connectivity index (χ1) is 15.4. The molecule has 0 bridgehead atoms. The van der Waals surface area contributed by atoms with Crippen LogP contribution in [0, 0.1) is 5.82 Å². The van der Waals surface area contributed by atoms with E-state index in [4.69, 9.17) is 4.74 Å². The van der Waals surface area contributed by atoms with Gasteiger partial charge in [-0.1, -0.05) is 30.5 Å². The van der Waals surface area contributed by atoms with Crippen molar-refractivity contribution in [1.82, 2.24) is 14.5 Å². The van der Waals surface area contributed by atoms with Crippen molar-refractivity contribution in [3.05, 3.63) is 95.5 Å². The third-order valence-corrected chi connectivity index (χ3v) is 5.44. The normalized spacial score (nSPS) is 10.8. The number of allylic oxidation sites excluding steroid dienone is 1. The van der Waals surface area contributed by atoms with Gasteiger partial charge < -0.3 is 4.74 Å². The van der Waals surface area contributed by atoms with Crippen LogP contribution in [-0.2, 0) is 9.53 Å². The Labute approximate surface area is 187 Å². The van der Waals surface area contributed by atoms with Gasteiger partial charge in [0.05, 0.1) is 28.1 Å². The minimum atomic E-state index is -0.508. The van der Waals surface area contributed by atoms with E-state index in [9.17, 15) is 14.0 Å². The Morgan fingerprint density at radius 3 is 2.62 bits per heavy atom. The molecule has 0 saturated carbocycles. The number of pyridine rings is 1. The molecular formula is C24H18FN3O3S. The van der Waals surface area contributed by atoms with E-state index in [-0.39, 0.29) is 22.2 Å². The molecule has 0 spiro atoms. The molecule has 8 heteroatoms. The van der Waals surface area contributed by atoms with E-state index in [2.05, 4.69) is 16.5 Å². The summed E-state index contributed by atoms with van der Waals surface area (Å²) in [7, 11) is 0. The van der Waals surface area contributed by atoms with Crippen molar-refractivity contribution in [2.45, 2.75) is 12.1 Å². The van der Waals surface area contributed by atoms with Crippen LogP contribution in [0.4, 0.5) is 4.39 Å². The maximum Gasteiger partial charge on any atom is 0.321 e. The largest absolute Gasteiger partial charge is 0.431 e. The molecule has 6 nitrogen and oxygen atoms in total. The van der Waals surface area contributed by atoms with Crippen molar-refractivity contribution >= 4 is 28.6 Å². The summed E-state index contributed by atoms with van der Waals surface area (Å²) in [6.07, 6.45) is 3.41. The van der Waals surface area contributed by atoms with Gasteiger partial charge in [0.1, 0.15) is 5.82 Å². The summed E-state index contributed by atoms with van der Waals surface area (Å²) in [4.78, 5) is 34.2. The van der Waals surface area contributed by atoms with E-state index in [0.29, 0.717) is 16.6 Å². The van der Waals surface area contributed by atoms with Crippen LogP contribution in [0.2, 0.25) is 0 Å². The molecule has 0 amide bonds. The molecule has 0 fully saturated rings. The minimum Gasteiger partial charge on any atom is -0.431 e. The van der Waals surface area contributed by atoms with Crippen LogP contribution in [0.25, 0.3) is 27.7 Å². The van der Waals surface area contributed by atoms with E-state index in [1.807, 2.05) is 18.2 Å². The lowest BCUT2D eigenvalue weighted by Crippen LogP contribution is -2.22. The maximum atomic E-state index is 13.5. The van der Waals surface area contributed by atoms with Gasteiger partial charge in [-0.05, 0) is 55.0 Å². The smallest absolute Gasteiger partial charge is 0.321 e. The van der Waals surface area contributed by atoms with Crippen molar-refractivity contribution in [2.24, 2.45) is 0 Å². The zero-order valence-electron chi connectivity index (χ0n) is 17.1. The zero-order valence-corrected chi connectivity index (χ0v) is 17.9. The fourth-order valence-electron chi connectivity index (χ4n) is 3.14. The summed E-state index contributed by atoms with van der Waals surface area (Å²) >= 11 is 1.06. The predicted octanol–water partition coefficient (Wildman–Crippen LogP) is 4.76. The predicted molar refractivity (Wildman–Crippen MR) is 122 cm³/mol. The highest BCUT2D eigenvalue weighted by atomic mass is 32.2. The van der Waals surface area contributed by atoms with Gasteiger partial charge in [0.2, 0.25) is 0 Å². The second-order valence-electron chi connectivity index (χ2n) is 6.95. The van der Waals surface area contributed by atoms with E-state index < -0.39 is 11.8 Å². The first-order valence-corrected chi connectivity index (χ1v) is 10.6. The molecule has 0 unspecified atom stereocenters.